The molecule has 35 heavy (non-hydrogen) atoms. The number of aliphatic hydroxyl groups excluding tert-OH is 1. The van der Waals surface area contributed by atoms with E-state index in [1.54, 1.807) is 45.1 Å². The zero-order valence-corrected chi connectivity index (χ0v) is 23.9. The number of rotatable bonds is 10. The SMILES string of the molecule is C=CCCC/C(=C\C)C(=O)NC1=C(C(=O)O)CC=C(Br)C=C1.CC.CC.CCOC(=O)C(O)CC. The minimum atomic E-state index is -1.04. The normalized spacial score (nSPS) is 13.2. The van der Waals surface area contributed by atoms with E-state index in [4.69, 9.17) is 5.11 Å². The summed E-state index contributed by atoms with van der Waals surface area (Å²) in [5, 5.41) is 20.8. The van der Waals surface area contributed by atoms with Crippen LogP contribution in [0.15, 0.2) is 58.3 Å². The van der Waals surface area contributed by atoms with Gasteiger partial charge >= 0.3 is 11.9 Å². The molecule has 8 heteroatoms. The van der Waals surface area contributed by atoms with E-state index in [1.807, 2.05) is 33.8 Å². The molecule has 0 saturated carbocycles. The van der Waals surface area contributed by atoms with Gasteiger partial charge in [0.05, 0.1) is 17.9 Å². The van der Waals surface area contributed by atoms with Crippen molar-refractivity contribution < 1.29 is 29.3 Å². The molecule has 1 aliphatic carbocycles. The second kappa shape index (κ2) is 24.7. The van der Waals surface area contributed by atoms with Gasteiger partial charge in [0, 0.05) is 16.5 Å². The summed E-state index contributed by atoms with van der Waals surface area (Å²) in [5.74, 6) is -1.82. The Balaban J connectivity index is -0.000000659. The molecule has 0 aromatic rings. The average molecular weight is 559 g/mol. The molecule has 0 aliphatic heterocycles. The summed E-state index contributed by atoms with van der Waals surface area (Å²) in [4.78, 5) is 34.1. The Morgan fingerprint density at radius 3 is 2.26 bits per heavy atom. The van der Waals surface area contributed by atoms with Crippen LogP contribution in [0.25, 0.3) is 0 Å². The fraction of sp³-hybridized carbons (Fsp3) is 0.519. The third-order valence-corrected chi connectivity index (χ3v) is 4.77. The summed E-state index contributed by atoms with van der Waals surface area (Å²) in [6.07, 6.45) is 10.7. The number of halogens is 1. The van der Waals surface area contributed by atoms with E-state index < -0.39 is 18.0 Å². The first-order chi connectivity index (χ1) is 16.7. The molecule has 1 unspecified atom stereocenters. The van der Waals surface area contributed by atoms with Crippen LogP contribution in [0.2, 0.25) is 0 Å². The molecular formula is C27H44BrNO6. The molecule has 3 N–H and O–H groups in total. The van der Waals surface area contributed by atoms with Crippen LogP contribution >= 0.6 is 15.9 Å². The molecule has 1 rings (SSSR count). The van der Waals surface area contributed by atoms with Crippen molar-refractivity contribution >= 4 is 33.8 Å². The highest BCUT2D eigenvalue weighted by Gasteiger charge is 2.17. The Labute approximate surface area is 219 Å². The molecule has 1 atom stereocenters. The lowest BCUT2D eigenvalue weighted by molar-refractivity contribution is -0.153. The van der Waals surface area contributed by atoms with Crippen molar-refractivity contribution in [3.8, 4) is 0 Å². The van der Waals surface area contributed by atoms with Gasteiger partial charge in [-0.15, -0.1) is 6.58 Å². The minimum Gasteiger partial charge on any atom is -0.478 e. The van der Waals surface area contributed by atoms with Gasteiger partial charge in [0.25, 0.3) is 5.91 Å². The van der Waals surface area contributed by atoms with E-state index in [0.29, 0.717) is 30.7 Å². The van der Waals surface area contributed by atoms with Crippen molar-refractivity contribution in [3.05, 3.63) is 58.3 Å². The van der Waals surface area contributed by atoms with Gasteiger partial charge in [0.1, 0.15) is 0 Å². The molecule has 0 fully saturated rings. The van der Waals surface area contributed by atoms with Gasteiger partial charge in [-0.1, -0.05) is 68.8 Å². The zero-order chi connectivity index (χ0) is 27.8. The predicted molar refractivity (Wildman–Crippen MR) is 147 cm³/mol. The lowest BCUT2D eigenvalue weighted by Crippen LogP contribution is -2.26. The number of amides is 1. The number of esters is 1. The molecule has 0 aromatic carbocycles. The highest BCUT2D eigenvalue weighted by molar-refractivity contribution is 9.11. The molecule has 0 bridgehead atoms. The van der Waals surface area contributed by atoms with Crippen molar-refractivity contribution in [2.24, 2.45) is 0 Å². The molecule has 0 spiro atoms. The van der Waals surface area contributed by atoms with E-state index in [1.165, 1.54) is 0 Å². The Morgan fingerprint density at radius 2 is 1.80 bits per heavy atom. The number of carboxylic acid groups (broad SMARTS) is 1. The number of hydrogen-bond donors (Lipinski definition) is 3. The van der Waals surface area contributed by atoms with Crippen LogP contribution in [0.5, 0.6) is 0 Å². The fourth-order valence-electron chi connectivity index (χ4n) is 2.39. The summed E-state index contributed by atoms with van der Waals surface area (Å²) < 4.78 is 5.29. The van der Waals surface area contributed by atoms with E-state index in [0.717, 1.165) is 17.3 Å². The lowest BCUT2D eigenvalue weighted by Gasteiger charge is -2.11. The topological polar surface area (TPSA) is 113 Å². The number of nitrogens with one attached hydrogen (secondary N) is 1. The lowest BCUT2D eigenvalue weighted by atomic mass is 10.1. The Hall–Kier alpha value is -2.45. The first-order valence-corrected chi connectivity index (χ1v) is 12.9. The van der Waals surface area contributed by atoms with E-state index >= 15 is 0 Å². The second-order valence-electron chi connectivity index (χ2n) is 6.45. The minimum absolute atomic E-state index is 0.167. The highest BCUT2D eigenvalue weighted by atomic mass is 79.9. The van der Waals surface area contributed by atoms with Gasteiger partial charge in [-0.25, -0.2) is 9.59 Å². The van der Waals surface area contributed by atoms with Crippen LogP contribution in [0.4, 0.5) is 0 Å². The number of carboxylic acids is 1. The van der Waals surface area contributed by atoms with Crippen LogP contribution < -0.4 is 5.32 Å². The zero-order valence-electron chi connectivity index (χ0n) is 22.3. The van der Waals surface area contributed by atoms with Crippen LogP contribution in [-0.2, 0) is 19.1 Å². The van der Waals surface area contributed by atoms with Crippen LogP contribution in [0.1, 0.15) is 80.6 Å². The number of aliphatic hydroxyl groups is 1. The van der Waals surface area contributed by atoms with Gasteiger partial charge in [0.15, 0.2) is 6.10 Å². The number of hydrogen-bond acceptors (Lipinski definition) is 5. The summed E-state index contributed by atoms with van der Waals surface area (Å²) in [7, 11) is 0. The second-order valence-corrected chi connectivity index (χ2v) is 7.36. The van der Waals surface area contributed by atoms with Crippen LogP contribution in [-0.4, -0.2) is 40.8 Å². The number of ether oxygens (including phenoxy) is 1. The standard InChI is InChI=1S/C17H20BrNO3.C6H12O3.2C2H6/c1-3-5-6-7-12(4-2)16(20)19-15-11-9-13(18)8-10-14(15)17(21)22;1-3-5(7)6(8)9-4-2;2*1-2/h3-4,8-9,11H,1,5-7,10H2,2H3,(H,19,20)(H,21,22);5,7H,3-4H2,1-2H3;2*1-2H3/b12-4+;;;. The molecule has 0 heterocycles. The Bertz CT molecular complexity index is 766. The molecule has 1 aliphatic rings. The van der Waals surface area contributed by atoms with E-state index in [-0.39, 0.29) is 17.9 Å². The van der Waals surface area contributed by atoms with Crippen molar-refractivity contribution in [1.82, 2.24) is 5.32 Å². The average Bonchev–Trinajstić information content (AvgIpc) is 3.05. The number of aliphatic carboxylic acids is 1. The van der Waals surface area contributed by atoms with E-state index in [2.05, 4.69) is 32.6 Å². The van der Waals surface area contributed by atoms with Crippen molar-refractivity contribution in [2.75, 3.05) is 6.61 Å². The Kier molecular flexibility index (Phi) is 26.2. The third-order valence-electron chi connectivity index (χ3n) is 4.18. The van der Waals surface area contributed by atoms with Gasteiger partial charge in [-0.2, -0.15) is 0 Å². The maximum atomic E-state index is 12.3. The van der Waals surface area contributed by atoms with Crippen molar-refractivity contribution in [1.29, 1.82) is 0 Å². The molecule has 0 radical (unpaired) electrons. The summed E-state index contributed by atoms with van der Waals surface area (Å²) in [6, 6.07) is 0. The highest BCUT2D eigenvalue weighted by Crippen LogP contribution is 2.20. The van der Waals surface area contributed by atoms with Gasteiger partial charge < -0.3 is 20.3 Å². The molecule has 200 valence electrons. The number of carbonyl (C=O) groups is 3. The summed E-state index contributed by atoms with van der Waals surface area (Å²) in [6.45, 7) is 17.2. The molecule has 0 aromatic heterocycles. The fourth-order valence-corrected chi connectivity index (χ4v) is 2.69. The van der Waals surface area contributed by atoms with Crippen molar-refractivity contribution in [3.63, 3.8) is 0 Å². The number of unbranched alkanes of at least 4 members (excludes halogenated alkanes) is 1. The maximum absolute atomic E-state index is 12.3. The monoisotopic (exact) mass is 557 g/mol. The van der Waals surface area contributed by atoms with Crippen LogP contribution in [0, 0.1) is 0 Å². The summed E-state index contributed by atoms with van der Waals surface area (Å²) in [5.41, 5.74) is 1.13. The number of allylic oxidation sites excluding steroid dienone is 6. The van der Waals surface area contributed by atoms with Crippen LogP contribution in [0.3, 0.4) is 0 Å². The largest absolute Gasteiger partial charge is 0.478 e. The van der Waals surface area contributed by atoms with Gasteiger partial charge in [-0.05, 0) is 51.7 Å². The Morgan fingerprint density at radius 1 is 1.20 bits per heavy atom. The quantitative estimate of drug-likeness (QED) is 0.125. The first kappa shape index (κ1) is 37.1. The molecule has 1 amide bonds. The van der Waals surface area contributed by atoms with Gasteiger partial charge in [-0.3, -0.25) is 4.79 Å². The molecule has 0 saturated heterocycles. The van der Waals surface area contributed by atoms with Crippen molar-refractivity contribution in [2.45, 2.75) is 86.7 Å². The third kappa shape index (κ3) is 17.6. The smallest absolute Gasteiger partial charge is 0.334 e. The first-order valence-electron chi connectivity index (χ1n) is 12.1. The van der Waals surface area contributed by atoms with E-state index in [9.17, 15) is 19.5 Å². The maximum Gasteiger partial charge on any atom is 0.334 e. The summed E-state index contributed by atoms with van der Waals surface area (Å²) >= 11 is 3.31. The molecular weight excluding hydrogens is 514 g/mol. The molecule has 7 nitrogen and oxygen atoms in total. The number of carbonyl (C=O) groups excluding carboxylic acids is 2. The van der Waals surface area contributed by atoms with Gasteiger partial charge in [0.2, 0.25) is 0 Å². The predicted octanol–water partition coefficient (Wildman–Crippen LogP) is 6.36.